The predicted molar refractivity (Wildman–Crippen MR) is 101 cm³/mol. The molecule has 0 aliphatic carbocycles. The van der Waals surface area contributed by atoms with Crippen LogP contribution in [0.1, 0.15) is 34.8 Å². The van der Waals surface area contributed by atoms with Gasteiger partial charge in [-0.15, -0.1) is 0 Å². The van der Waals surface area contributed by atoms with Crippen molar-refractivity contribution in [3.8, 4) is 0 Å². The Kier molecular flexibility index (Phi) is 5.87. The number of amides is 2. The molecule has 1 aromatic carbocycles. The molecule has 0 unspecified atom stereocenters. The summed E-state index contributed by atoms with van der Waals surface area (Å²) in [6.07, 6.45) is 2.31. The summed E-state index contributed by atoms with van der Waals surface area (Å²) in [5.74, 6) is 0.249. The summed E-state index contributed by atoms with van der Waals surface area (Å²) in [4.78, 5) is 28.7. The second-order valence-electron chi connectivity index (χ2n) is 6.36. The van der Waals surface area contributed by atoms with Crippen LogP contribution in [0.15, 0.2) is 41.1 Å². The maximum absolute atomic E-state index is 12.6. The molecule has 2 aromatic rings. The van der Waals surface area contributed by atoms with Crippen LogP contribution < -0.4 is 0 Å². The number of aryl methyl sites for hydroxylation is 2. The third-order valence-corrected chi connectivity index (χ3v) is 5.47. The van der Waals surface area contributed by atoms with Crippen LogP contribution in [0.4, 0.5) is 0 Å². The normalized spacial score (nSPS) is 14.6. The van der Waals surface area contributed by atoms with Crippen molar-refractivity contribution in [1.82, 2.24) is 9.80 Å². The highest BCUT2D eigenvalue weighted by molar-refractivity contribution is 7.07. The van der Waals surface area contributed by atoms with Crippen molar-refractivity contribution < 1.29 is 9.59 Å². The van der Waals surface area contributed by atoms with Crippen LogP contribution in [0.2, 0.25) is 0 Å². The smallest absolute Gasteiger partial charge is 0.253 e. The number of rotatable bonds is 5. The van der Waals surface area contributed by atoms with Gasteiger partial charge in [0.15, 0.2) is 0 Å². The highest BCUT2D eigenvalue weighted by Crippen LogP contribution is 2.13. The monoisotopic (exact) mass is 356 g/mol. The summed E-state index contributed by atoms with van der Waals surface area (Å²) in [6, 6.07) is 9.90. The van der Waals surface area contributed by atoms with E-state index in [9.17, 15) is 9.59 Å². The zero-order valence-corrected chi connectivity index (χ0v) is 15.4. The maximum Gasteiger partial charge on any atom is 0.253 e. The Morgan fingerprint density at radius 1 is 0.960 bits per heavy atom. The molecule has 2 amide bonds. The molecule has 1 aromatic heterocycles. The fraction of sp³-hybridized carbons (Fsp3) is 0.400. The van der Waals surface area contributed by atoms with E-state index < -0.39 is 0 Å². The first-order valence-corrected chi connectivity index (χ1v) is 9.78. The Morgan fingerprint density at radius 3 is 2.24 bits per heavy atom. The summed E-state index contributed by atoms with van der Waals surface area (Å²) in [6.45, 7) is 4.57. The summed E-state index contributed by atoms with van der Waals surface area (Å²) < 4.78 is 0. The number of hydrogen-bond acceptors (Lipinski definition) is 3. The minimum atomic E-state index is 0.0630. The highest BCUT2D eigenvalue weighted by Gasteiger charge is 2.24. The van der Waals surface area contributed by atoms with Crippen molar-refractivity contribution in [2.24, 2.45) is 0 Å². The highest BCUT2D eigenvalue weighted by atomic mass is 32.1. The Bertz CT molecular complexity index is 702. The zero-order chi connectivity index (χ0) is 17.6. The Labute approximate surface area is 153 Å². The van der Waals surface area contributed by atoms with Crippen LogP contribution in [0, 0.1) is 0 Å². The van der Waals surface area contributed by atoms with Crippen molar-refractivity contribution in [3.05, 3.63) is 57.8 Å². The molecule has 1 saturated heterocycles. The van der Waals surface area contributed by atoms with E-state index in [0.717, 1.165) is 18.4 Å². The van der Waals surface area contributed by atoms with Crippen molar-refractivity contribution in [1.29, 1.82) is 0 Å². The van der Waals surface area contributed by atoms with E-state index in [1.165, 1.54) is 11.1 Å². The van der Waals surface area contributed by atoms with E-state index in [2.05, 4.69) is 18.4 Å². The molecule has 4 nitrogen and oxygen atoms in total. The quantitative estimate of drug-likeness (QED) is 0.825. The average Bonchev–Trinajstić information content (AvgIpc) is 3.19. The first-order valence-electron chi connectivity index (χ1n) is 8.84. The molecule has 25 heavy (non-hydrogen) atoms. The van der Waals surface area contributed by atoms with E-state index >= 15 is 0 Å². The molecule has 5 heteroatoms. The van der Waals surface area contributed by atoms with E-state index in [1.54, 1.807) is 11.3 Å². The van der Waals surface area contributed by atoms with Gasteiger partial charge in [0.2, 0.25) is 5.91 Å². The summed E-state index contributed by atoms with van der Waals surface area (Å²) in [7, 11) is 0. The van der Waals surface area contributed by atoms with Gasteiger partial charge in [0.05, 0.1) is 0 Å². The number of carbonyl (C=O) groups is 2. The van der Waals surface area contributed by atoms with E-state index in [-0.39, 0.29) is 11.8 Å². The molecular weight excluding hydrogens is 332 g/mol. The third-order valence-electron chi connectivity index (χ3n) is 4.74. The molecule has 0 saturated carbocycles. The number of hydrogen-bond donors (Lipinski definition) is 0. The van der Waals surface area contributed by atoms with Crippen molar-refractivity contribution in [3.63, 3.8) is 0 Å². The lowest BCUT2D eigenvalue weighted by Crippen LogP contribution is -2.50. The standard InChI is InChI=1S/C20H24N2O2S/c1-2-16-3-6-18(7-4-16)20(24)22-12-10-21(11-13-22)19(23)8-5-17-9-14-25-15-17/h3-4,6-7,9,14-15H,2,5,8,10-13H2,1H3. The molecule has 0 N–H and O–H groups in total. The fourth-order valence-electron chi connectivity index (χ4n) is 3.07. The molecule has 2 heterocycles. The van der Waals surface area contributed by atoms with Gasteiger partial charge in [-0.05, 0) is 52.9 Å². The molecular formula is C20H24N2O2S. The van der Waals surface area contributed by atoms with Crippen molar-refractivity contribution in [2.45, 2.75) is 26.2 Å². The lowest BCUT2D eigenvalue weighted by Gasteiger charge is -2.35. The van der Waals surface area contributed by atoms with Gasteiger partial charge in [0.25, 0.3) is 5.91 Å². The lowest BCUT2D eigenvalue weighted by atomic mass is 10.1. The Morgan fingerprint density at radius 2 is 1.64 bits per heavy atom. The van der Waals surface area contributed by atoms with Crippen LogP contribution in [-0.2, 0) is 17.6 Å². The zero-order valence-electron chi connectivity index (χ0n) is 14.6. The topological polar surface area (TPSA) is 40.6 Å². The fourth-order valence-corrected chi connectivity index (χ4v) is 3.77. The van der Waals surface area contributed by atoms with E-state index in [4.69, 9.17) is 0 Å². The molecule has 1 aliphatic rings. The molecule has 0 atom stereocenters. The van der Waals surface area contributed by atoms with E-state index in [0.29, 0.717) is 32.6 Å². The minimum Gasteiger partial charge on any atom is -0.339 e. The van der Waals surface area contributed by atoms with Gasteiger partial charge in [0, 0.05) is 38.2 Å². The second-order valence-corrected chi connectivity index (χ2v) is 7.14. The number of benzene rings is 1. The van der Waals surface area contributed by atoms with Crippen molar-refractivity contribution in [2.75, 3.05) is 26.2 Å². The molecule has 0 bridgehead atoms. The minimum absolute atomic E-state index is 0.0630. The molecule has 0 radical (unpaired) electrons. The van der Waals surface area contributed by atoms with Crippen LogP contribution >= 0.6 is 11.3 Å². The van der Waals surface area contributed by atoms with Gasteiger partial charge in [-0.1, -0.05) is 19.1 Å². The van der Waals surface area contributed by atoms with Gasteiger partial charge in [-0.2, -0.15) is 11.3 Å². The number of carbonyl (C=O) groups excluding carboxylic acids is 2. The van der Waals surface area contributed by atoms with Crippen LogP contribution in [-0.4, -0.2) is 47.8 Å². The summed E-state index contributed by atoms with van der Waals surface area (Å²) >= 11 is 1.66. The second kappa shape index (κ2) is 8.30. The first kappa shape index (κ1) is 17.7. The van der Waals surface area contributed by atoms with Gasteiger partial charge in [-0.3, -0.25) is 9.59 Å². The lowest BCUT2D eigenvalue weighted by molar-refractivity contribution is -0.132. The summed E-state index contributed by atoms with van der Waals surface area (Å²) in [5.41, 5.74) is 3.19. The van der Waals surface area contributed by atoms with Crippen LogP contribution in [0.5, 0.6) is 0 Å². The SMILES string of the molecule is CCc1ccc(C(=O)N2CCN(C(=O)CCc3ccsc3)CC2)cc1. The molecule has 1 fully saturated rings. The van der Waals surface area contributed by atoms with E-state index in [1.807, 2.05) is 39.4 Å². The average molecular weight is 356 g/mol. The molecule has 0 spiro atoms. The Hall–Kier alpha value is -2.14. The Balaban J connectivity index is 1.48. The molecule has 1 aliphatic heterocycles. The van der Waals surface area contributed by atoms with Gasteiger partial charge < -0.3 is 9.80 Å². The maximum atomic E-state index is 12.6. The summed E-state index contributed by atoms with van der Waals surface area (Å²) in [5, 5.41) is 4.13. The number of piperazine rings is 1. The van der Waals surface area contributed by atoms with Crippen LogP contribution in [0.3, 0.4) is 0 Å². The molecule has 132 valence electrons. The largest absolute Gasteiger partial charge is 0.339 e. The number of nitrogens with zero attached hydrogens (tertiary/aromatic N) is 2. The third kappa shape index (κ3) is 4.48. The molecule has 3 rings (SSSR count). The van der Waals surface area contributed by atoms with Crippen LogP contribution in [0.25, 0.3) is 0 Å². The predicted octanol–water partition coefficient (Wildman–Crippen LogP) is 3.23. The van der Waals surface area contributed by atoms with Gasteiger partial charge in [0.1, 0.15) is 0 Å². The number of thiophene rings is 1. The van der Waals surface area contributed by atoms with Gasteiger partial charge >= 0.3 is 0 Å². The van der Waals surface area contributed by atoms with Crippen molar-refractivity contribution >= 4 is 23.2 Å². The first-order chi connectivity index (χ1) is 12.2. The van der Waals surface area contributed by atoms with Gasteiger partial charge in [-0.25, -0.2) is 0 Å².